The Morgan fingerprint density at radius 3 is 2.50 bits per heavy atom. The van der Waals surface area contributed by atoms with Crippen molar-refractivity contribution in [1.82, 2.24) is 15.3 Å². The van der Waals surface area contributed by atoms with Gasteiger partial charge in [-0.1, -0.05) is 58.4 Å². The Bertz CT molecular complexity index is 1190. The third-order valence-electron chi connectivity index (χ3n) is 4.78. The number of benzene rings is 3. The number of rotatable bonds is 6. The van der Waals surface area contributed by atoms with Gasteiger partial charge in [0.1, 0.15) is 0 Å². The lowest BCUT2D eigenvalue weighted by Crippen LogP contribution is -2.36. The van der Waals surface area contributed by atoms with Crippen LogP contribution >= 0.6 is 15.9 Å². The van der Waals surface area contributed by atoms with Crippen molar-refractivity contribution >= 4 is 33.5 Å². The van der Waals surface area contributed by atoms with Crippen molar-refractivity contribution in [2.75, 3.05) is 11.9 Å². The molecule has 4 rings (SSSR count). The van der Waals surface area contributed by atoms with Crippen molar-refractivity contribution in [3.63, 3.8) is 0 Å². The third kappa shape index (κ3) is 5.92. The number of hydrogen-bond acceptors (Lipinski definition) is 3. The van der Waals surface area contributed by atoms with Gasteiger partial charge >= 0.3 is 0 Å². The summed E-state index contributed by atoms with van der Waals surface area (Å²) in [6.07, 6.45) is 4.10. The molecule has 0 aliphatic carbocycles. The van der Waals surface area contributed by atoms with Gasteiger partial charge in [-0.25, -0.2) is 4.98 Å². The zero-order chi connectivity index (χ0) is 22.2. The van der Waals surface area contributed by atoms with Crippen LogP contribution < -0.4 is 10.6 Å². The van der Waals surface area contributed by atoms with Gasteiger partial charge in [0.15, 0.2) is 0 Å². The summed E-state index contributed by atoms with van der Waals surface area (Å²) in [7, 11) is 0. The number of nitrogens with one attached hydrogen (secondary N) is 3. The number of hydrogen-bond donors (Lipinski definition) is 3. The number of amides is 1. The molecule has 0 aliphatic heterocycles. The van der Waals surface area contributed by atoms with Crippen LogP contribution in [0.4, 0.5) is 5.69 Å². The number of aromatic amines is 1. The molecule has 0 fully saturated rings. The van der Waals surface area contributed by atoms with E-state index in [0.29, 0.717) is 24.5 Å². The Labute approximate surface area is 195 Å². The average molecular weight is 488 g/mol. The predicted octanol–water partition coefficient (Wildman–Crippen LogP) is 5.28. The molecular weight excluding hydrogens is 466 g/mol. The molecule has 1 aromatic heterocycles. The summed E-state index contributed by atoms with van der Waals surface area (Å²) in [5.74, 6) is 0.159. The molecule has 160 valence electrons. The zero-order valence-electron chi connectivity index (χ0n) is 17.3. The minimum atomic E-state index is -0.232. The normalized spacial score (nSPS) is 11.2. The Morgan fingerprint density at radius 2 is 1.75 bits per heavy atom. The Hall–Kier alpha value is -3.71. The minimum Gasteiger partial charge on any atom is -0.348 e. The molecule has 0 saturated heterocycles. The van der Waals surface area contributed by atoms with Gasteiger partial charge < -0.3 is 10.3 Å². The first-order valence-electron chi connectivity index (χ1n) is 10.2. The summed E-state index contributed by atoms with van der Waals surface area (Å²) in [6, 6.07) is 25.3. The summed E-state index contributed by atoms with van der Waals surface area (Å²) < 4.78 is 0.915. The van der Waals surface area contributed by atoms with Crippen LogP contribution in [0.15, 0.2) is 101 Å². The fraction of sp³-hybridized carbons (Fsp3) is 0.0800. The maximum Gasteiger partial charge on any atom is 0.257 e. The number of aliphatic imine (C=N–C) groups is 1. The quantitative estimate of drug-likeness (QED) is 0.255. The summed E-state index contributed by atoms with van der Waals surface area (Å²) in [6.45, 7) is 0.490. The van der Waals surface area contributed by atoms with Crippen molar-refractivity contribution in [2.24, 2.45) is 4.99 Å². The number of guanidine groups is 1. The van der Waals surface area contributed by atoms with E-state index >= 15 is 0 Å². The molecule has 0 atom stereocenters. The molecule has 1 heterocycles. The number of halogens is 1. The van der Waals surface area contributed by atoms with E-state index in [1.54, 1.807) is 24.7 Å². The molecule has 0 aliphatic rings. The molecule has 0 radical (unpaired) electrons. The van der Waals surface area contributed by atoms with E-state index < -0.39 is 0 Å². The molecule has 0 saturated carbocycles. The second kappa shape index (κ2) is 10.5. The fourth-order valence-corrected chi connectivity index (χ4v) is 3.41. The van der Waals surface area contributed by atoms with Gasteiger partial charge in [-0.2, -0.15) is 0 Å². The monoisotopic (exact) mass is 487 g/mol. The third-order valence-corrected chi connectivity index (χ3v) is 5.31. The fourth-order valence-electron chi connectivity index (χ4n) is 3.14. The van der Waals surface area contributed by atoms with Crippen LogP contribution in [0.2, 0.25) is 0 Å². The van der Waals surface area contributed by atoms with Crippen LogP contribution in [0.25, 0.3) is 11.1 Å². The van der Waals surface area contributed by atoms with E-state index in [2.05, 4.69) is 59.7 Å². The molecule has 0 spiro atoms. The van der Waals surface area contributed by atoms with Gasteiger partial charge in [-0.3, -0.25) is 15.1 Å². The zero-order valence-corrected chi connectivity index (χ0v) is 18.8. The first kappa shape index (κ1) is 21.5. The van der Waals surface area contributed by atoms with Gasteiger partial charge in [0.25, 0.3) is 5.91 Å². The molecule has 0 bridgehead atoms. The molecular formula is C25H22BrN5O. The lowest BCUT2D eigenvalue weighted by Gasteiger charge is -2.13. The number of anilines is 1. The molecule has 6 nitrogen and oxygen atoms in total. The minimum absolute atomic E-state index is 0.232. The number of nitrogens with zero attached hydrogens (tertiary/aromatic N) is 2. The van der Waals surface area contributed by atoms with E-state index in [1.807, 2.05) is 48.5 Å². The van der Waals surface area contributed by atoms with Gasteiger partial charge in [0.2, 0.25) is 5.96 Å². The van der Waals surface area contributed by atoms with Gasteiger partial charge in [-0.15, -0.1) is 0 Å². The Kier molecular flexibility index (Phi) is 7.09. The molecule has 32 heavy (non-hydrogen) atoms. The second-order valence-electron chi connectivity index (χ2n) is 7.09. The highest BCUT2D eigenvalue weighted by molar-refractivity contribution is 9.10. The second-order valence-corrected chi connectivity index (χ2v) is 8.01. The van der Waals surface area contributed by atoms with Crippen LogP contribution in [0.5, 0.6) is 0 Å². The molecule has 3 N–H and O–H groups in total. The van der Waals surface area contributed by atoms with E-state index in [9.17, 15) is 4.79 Å². The summed E-state index contributed by atoms with van der Waals surface area (Å²) in [5, 5.41) is 6.16. The largest absolute Gasteiger partial charge is 0.348 e. The van der Waals surface area contributed by atoms with Crippen molar-refractivity contribution < 1.29 is 4.79 Å². The maximum absolute atomic E-state index is 12.8. The first-order valence-corrected chi connectivity index (χ1v) is 11.0. The maximum atomic E-state index is 12.8. The Morgan fingerprint density at radius 1 is 0.969 bits per heavy atom. The van der Waals surface area contributed by atoms with E-state index in [1.165, 1.54) is 0 Å². The van der Waals surface area contributed by atoms with Gasteiger partial charge in [0, 0.05) is 40.6 Å². The van der Waals surface area contributed by atoms with E-state index in [-0.39, 0.29) is 5.91 Å². The highest BCUT2D eigenvalue weighted by Gasteiger charge is 2.10. The topological polar surface area (TPSA) is 82.2 Å². The number of imidazole rings is 1. The number of carbonyl (C=O) groups excluding carboxylic acids is 1. The summed E-state index contributed by atoms with van der Waals surface area (Å²) >= 11 is 3.39. The van der Waals surface area contributed by atoms with Crippen LogP contribution in [-0.2, 0) is 6.42 Å². The molecule has 0 unspecified atom stereocenters. The molecule has 7 heteroatoms. The van der Waals surface area contributed by atoms with Crippen LogP contribution in [0.3, 0.4) is 0 Å². The van der Waals surface area contributed by atoms with Gasteiger partial charge in [0.05, 0.1) is 6.33 Å². The van der Waals surface area contributed by atoms with E-state index in [4.69, 9.17) is 0 Å². The SMILES string of the molecule is O=C(NC(=NCCc1cnc[nH]1)Nc1cccc(-c2ccccc2)c1)c1ccc(Br)cc1. The standard InChI is InChI=1S/C25H22BrN5O/c26-21-11-9-19(10-12-21)24(32)31-25(28-14-13-23-16-27-17-29-23)30-22-8-4-7-20(15-22)18-5-2-1-3-6-18/h1-12,15-17H,13-14H2,(H,27,29)(H2,28,30,31,32). The van der Waals surface area contributed by atoms with E-state index in [0.717, 1.165) is 27.0 Å². The number of H-pyrrole nitrogens is 1. The van der Waals surface area contributed by atoms with Crippen LogP contribution in [0, 0.1) is 0 Å². The first-order chi connectivity index (χ1) is 15.7. The lowest BCUT2D eigenvalue weighted by molar-refractivity contribution is 0.0977. The highest BCUT2D eigenvalue weighted by Crippen LogP contribution is 2.22. The summed E-state index contributed by atoms with van der Waals surface area (Å²) in [4.78, 5) is 24.5. The summed E-state index contributed by atoms with van der Waals surface area (Å²) in [5.41, 5.74) is 4.56. The van der Waals surface area contributed by atoms with Crippen molar-refractivity contribution in [2.45, 2.75) is 6.42 Å². The predicted molar refractivity (Wildman–Crippen MR) is 132 cm³/mol. The van der Waals surface area contributed by atoms with Crippen molar-refractivity contribution in [1.29, 1.82) is 0 Å². The van der Waals surface area contributed by atoms with Crippen LogP contribution in [0.1, 0.15) is 16.1 Å². The molecule has 4 aromatic rings. The van der Waals surface area contributed by atoms with Crippen molar-refractivity contribution in [3.8, 4) is 11.1 Å². The Balaban J connectivity index is 1.53. The van der Waals surface area contributed by atoms with Crippen LogP contribution in [-0.4, -0.2) is 28.4 Å². The number of carbonyl (C=O) groups is 1. The lowest BCUT2D eigenvalue weighted by atomic mass is 10.1. The van der Waals surface area contributed by atoms with Crippen molar-refractivity contribution in [3.05, 3.63) is 107 Å². The molecule has 1 amide bonds. The van der Waals surface area contributed by atoms with Gasteiger partial charge in [-0.05, 0) is 47.5 Å². The molecule has 3 aromatic carbocycles. The smallest absolute Gasteiger partial charge is 0.257 e. The average Bonchev–Trinajstić information content (AvgIpc) is 3.34. The highest BCUT2D eigenvalue weighted by atomic mass is 79.9. The number of aromatic nitrogens is 2.